The summed E-state index contributed by atoms with van der Waals surface area (Å²) < 4.78 is 13.0. The Labute approximate surface area is 99.6 Å². The van der Waals surface area contributed by atoms with Crippen molar-refractivity contribution in [2.24, 2.45) is 11.8 Å². The Balaban J connectivity index is 1.75. The number of hydrogen-bond donors (Lipinski definition) is 0. The maximum atomic E-state index is 13.0. The molecule has 0 radical (unpaired) electrons. The molecule has 0 spiro atoms. The van der Waals surface area contributed by atoms with E-state index in [2.05, 4.69) is 4.98 Å². The van der Waals surface area contributed by atoms with Gasteiger partial charge in [0.1, 0.15) is 5.82 Å². The Morgan fingerprint density at radius 1 is 1.29 bits per heavy atom. The van der Waals surface area contributed by atoms with E-state index in [1.807, 2.05) is 4.90 Å². The lowest BCUT2D eigenvalue weighted by molar-refractivity contribution is 0.0779. The molecule has 1 saturated carbocycles. The van der Waals surface area contributed by atoms with Gasteiger partial charge in [-0.3, -0.25) is 9.78 Å². The second kappa shape index (κ2) is 4.09. The quantitative estimate of drug-likeness (QED) is 0.745. The van der Waals surface area contributed by atoms with Crippen LogP contribution in [0.2, 0.25) is 0 Å². The fourth-order valence-electron chi connectivity index (χ4n) is 3.11. The number of carbonyl (C=O) groups excluding carboxylic acids is 1. The zero-order valence-electron chi connectivity index (χ0n) is 9.60. The van der Waals surface area contributed by atoms with E-state index in [0.29, 0.717) is 17.4 Å². The Hall–Kier alpha value is -1.45. The van der Waals surface area contributed by atoms with Crippen LogP contribution in [-0.4, -0.2) is 28.9 Å². The Kier molecular flexibility index (Phi) is 2.57. The molecule has 17 heavy (non-hydrogen) atoms. The van der Waals surface area contributed by atoms with E-state index >= 15 is 0 Å². The maximum Gasteiger partial charge on any atom is 0.255 e. The molecule has 1 aromatic heterocycles. The number of nitrogens with zero attached hydrogens (tertiary/aromatic N) is 2. The van der Waals surface area contributed by atoms with Gasteiger partial charge in [-0.05, 0) is 30.7 Å². The Morgan fingerprint density at radius 2 is 2.00 bits per heavy atom. The summed E-state index contributed by atoms with van der Waals surface area (Å²) in [6.45, 7) is 1.67. The zero-order valence-corrected chi connectivity index (χ0v) is 9.60. The van der Waals surface area contributed by atoms with Gasteiger partial charge in [-0.15, -0.1) is 0 Å². The fraction of sp³-hybridized carbons (Fsp3) is 0.538. The van der Waals surface area contributed by atoms with E-state index in [-0.39, 0.29) is 5.91 Å². The van der Waals surface area contributed by atoms with Gasteiger partial charge in [-0.2, -0.15) is 0 Å². The van der Waals surface area contributed by atoms with E-state index in [9.17, 15) is 9.18 Å². The molecule has 1 aliphatic carbocycles. The lowest BCUT2D eigenvalue weighted by Gasteiger charge is -2.17. The number of amides is 1. The van der Waals surface area contributed by atoms with Crippen LogP contribution in [0.15, 0.2) is 18.5 Å². The van der Waals surface area contributed by atoms with Gasteiger partial charge in [-0.25, -0.2) is 4.39 Å². The highest BCUT2D eigenvalue weighted by Crippen LogP contribution is 2.38. The van der Waals surface area contributed by atoms with Crippen molar-refractivity contribution in [1.82, 2.24) is 9.88 Å². The van der Waals surface area contributed by atoms with Crippen LogP contribution in [0.1, 0.15) is 29.6 Å². The monoisotopic (exact) mass is 234 g/mol. The minimum absolute atomic E-state index is 0.0774. The second-order valence-corrected chi connectivity index (χ2v) is 5.05. The van der Waals surface area contributed by atoms with Crippen molar-refractivity contribution in [3.05, 3.63) is 29.8 Å². The van der Waals surface area contributed by atoms with Crippen molar-refractivity contribution < 1.29 is 9.18 Å². The summed E-state index contributed by atoms with van der Waals surface area (Å²) in [7, 11) is 0. The highest BCUT2D eigenvalue weighted by Gasteiger charge is 2.38. The molecule has 0 N–H and O–H groups in total. The second-order valence-electron chi connectivity index (χ2n) is 5.05. The van der Waals surface area contributed by atoms with Crippen molar-refractivity contribution in [2.45, 2.75) is 19.3 Å². The summed E-state index contributed by atoms with van der Waals surface area (Å²) in [6.07, 6.45) is 6.32. The molecule has 2 heterocycles. The number of pyridine rings is 1. The van der Waals surface area contributed by atoms with Crippen molar-refractivity contribution in [2.75, 3.05) is 13.1 Å². The summed E-state index contributed by atoms with van der Waals surface area (Å²) in [5.41, 5.74) is 0.366. The van der Waals surface area contributed by atoms with Gasteiger partial charge in [0.15, 0.2) is 0 Å². The molecule has 4 heteroatoms. The summed E-state index contributed by atoms with van der Waals surface area (Å²) in [4.78, 5) is 17.7. The largest absolute Gasteiger partial charge is 0.338 e. The van der Waals surface area contributed by atoms with Crippen LogP contribution >= 0.6 is 0 Å². The van der Waals surface area contributed by atoms with Crippen LogP contribution in [0.5, 0.6) is 0 Å². The maximum absolute atomic E-state index is 13.0. The van der Waals surface area contributed by atoms with E-state index in [0.717, 1.165) is 19.3 Å². The first-order valence-electron chi connectivity index (χ1n) is 6.14. The fourth-order valence-corrected chi connectivity index (χ4v) is 3.11. The average molecular weight is 234 g/mol. The third kappa shape index (κ3) is 1.92. The van der Waals surface area contributed by atoms with Gasteiger partial charge in [0, 0.05) is 19.3 Å². The third-order valence-corrected chi connectivity index (χ3v) is 3.97. The van der Waals surface area contributed by atoms with E-state index in [1.165, 1.54) is 31.5 Å². The first-order chi connectivity index (χ1) is 8.24. The first kappa shape index (κ1) is 10.7. The smallest absolute Gasteiger partial charge is 0.255 e. The Morgan fingerprint density at radius 3 is 2.65 bits per heavy atom. The minimum atomic E-state index is -0.449. The zero-order chi connectivity index (χ0) is 11.8. The standard InChI is InChI=1S/C13H15FN2O/c14-12-4-11(5-15-6-12)13(17)16-7-9-2-1-3-10(9)8-16/h4-6,9-10H,1-3,7-8H2. The predicted octanol–water partition coefficient (Wildman–Crippen LogP) is 2.09. The third-order valence-electron chi connectivity index (χ3n) is 3.97. The van der Waals surface area contributed by atoms with Crippen LogP contribution in [-0.2, 0) is 0 Å². The summed E-state index contributed by atoms with van der Waals surface area (Å²) in [6, 6.07) is 1.27. The molecule has 3 rings (SSSR count). The molecule has 1 aromatic rings. The lowest BCUT2D eigenvalue weighted by atomic mass is 10.0. The predicted molar refractivity (Wildman–Crippen MR) is 60.9 cm³/mol. The summed E-state index contributed by atoms with van der Waals surface area (Å²) >= 11 is 0. The normalized spacial score (nSPS) is 27.2. The van der Waals surface area contributed by atoms with E-state index in [4.69, 9.17) is 0 Å². The number of hydrogen-bond acceptors (Lipinski definition) is 2. The lowest BCUT2D eigenvalue weighted by Crippen LogP contribution is -2.29. The summed E-state index contributed by atoms with van der Waals surface area (Å²) in [5.74, 6) is 0.808. The summed E-state index contributed by atoms with van der Waals surface area (Å²) in [5, 5.41) is 0. The molecule has 1 saturated heterocycles. The van der Waals surface area contributed by atoms with Gasteiger partial charge in [0.05, 0.1) is 11.8 Å². The molecule has 2 unspecified atom stereocenters. The molecule has 3 nitrogen and oxygen atoms in total. The van der Waals surface area contributed by atoms with Gasteiger partial charge in [0.2, 0.25) is 0 Å². The van der Waals surface area contributed by atoms with Crippen LogP contribution in [0.25, 0.3) is 0 Å². The van der Waals surface area contributed by atoms with Crippen LogP contribution in [0.3, 0.4) is 0 Å². The highest BCUT2D eigenvalue weighted by atomic mass is 19.1. The number of carbonyl (C=O) groups is 1. The van der Waals surface area contributed by atoms with Gasteiger partial charge < -0.3 is 4.90 Å². The minimum Gasteiger partial charge on any atom is -0.338 e. The van der Waals surface area contributed by atoms with Crippen molar-refractivity contribution >= 4 is 5.91 Å². The number of aromatic nitrogens is 1. The van der Waals surface area contributed by atoms with Crippen LogP contribution in [0.4, 0.5) is 4.39 Å². The Bertz CT molecular complexity index is 437. The molecular formula is C13H15FN2O. The molecular weight excluding hydrogens is 219 g/mol. The van der Waals surface area contributed by atoms with E-state index < -0.39 is 5.82 Å². The molecule has 1 amide bonds. The highest BCUT2D eigenvalue weighted by molar-refractivity contribution is 5.94. The van der Waals surface area contributed by atoms with Crippen molar-refractivity contribution in [3.63, 3.8) is 0 Å². The molecule has 2 fully saturated rings. The first-order valence-corrected chi connectivity index (χ1v) is 6.14. The molecule has 2 aliphatic rings. The van der Waals surface area contributed by atoms with Gasteiger partial charge >= 0.3 is 0 Å². The topological polar surface area (TPSA) is 33.2 Å². The van der Waals surface area contributed by atoms with Crippen molar-refractivity contribution in [3.8, 4) is 0 Å². The van der Waals surface area contributed by atoms with Gasteiger partial charge in [0.25, 0.3) is 5.91 Å². The van der Waals surface area contributed by atoms with Gasteiger partial charge in [-0.1, -0.05) is 6.42 Å². The number of likely N-dealkylation sites (tertiary alicyclic amines) is 1. The number of fused-ring (bicyclic) bond motifs is 1. The molecule has 0 bridgehead atoms. The molecule has 2 atom stereocenters. The molecule has 90 valence electrons. The van der Waals surface area contributed by atoms with Crippen LogP contribution < -0.4 is 0 Å². The number of rotatable bonds is 1. The SMILES string of the molecule is O=C(c1cncc(F)c1)N1CC2CCCC2C1. The average Bonchev–Trinajstić information content (AvgIpc) is 2.88. The van der Waals surface area contributed by atoms with Crippen molar-refractivity contribution in [1.29, 1.82) is 0 Å². The molecule has 1 aliphatic heterocycles. The van der Waals surface area contributed by atoms with Crippen LogP contribution in [0, 0.1) is 17.7 Å². The number of halogens is 1. The van der Waals surface area contributed by atoms with E-state index in [1.54, 1.807) is 0 Å². The molecule has 0 aromatic carbocycles.